The Labute approximate surface area is 135 Å². The molecule has 0 fully saturated rings. The van der Waals surface area contributed by atoms with Gasteiger partial charge in [0.1, 0.15) is 0 Å². The van der Waals surface area contributed by atoms with E-state index in [1.165, 1.54) is 6.92 Å². The van der Waals surface area contributed by atoms with Gasteiger partial charge in [0, 0.05) is 17.9 Å². The summed E-state index contributed by atoms with van der Waals surface area (Å²) in [7, 11) is 0. The van der Waals surface area contributed by atoms with E-state index >= 15 is 0 Å². The van der Waals surface area contributed by atoms with E-state index in [0.717, 1.165) is 5.56 Å². The predicted molar refractivity (Wildman–Crippen MR) is 90.3 cm³/mol. The van der Waals surface area contributed by atoms with Crippen LogP contribution in [-0.4, -0.2) is 17.5 Å². The second kappa shape index (κ2) is 7.89. The van der Waals surface area contributed by atoms with Gasteiger partial charge in [0.05, 0.1) is 0 Å². The Morgan fingerprint density at radius 1 is 0.957 bits per heavy atom. The van der Waals surface area contributed by atoms with E-state index in [1.54, 1.807) is 24.3 Å². The highest BCUT2D eigenvalue weighted by Crippen LogP contribution is 2.09. The Bertz CT molecular complexity index is 684. The molecular formula is C18H19N3O2. The van der Waals surface area contributed by atoms with Crippen LogP contribution in [0.3, 0.4) is 0 Å². The topological polar surface area (TPSA) is 82.1 Å². The standard InChI is InChI=1S/C18H19N3O2/c1-13(19)16(18(23)21-15-10-6-3-7-11-15)17(22)20-12-14-8-4-2-5-9-14/h2-11,16,19H,12H2,1H3,(H,20,22)(H,21,23). The van der Waals surface area contributed by atoms with E-state index in [4.69, 9.17) is 5.41 Å². The molecule has 2 aromatic carbocycles. The fourth-order valence-electron chi connectivity index (χ4n) is 2.14. The summed E-state index contributed by atoms with van der Waals surface area (Å²) in [5, 5.41) is 13.1. The lowest BCUT2D eigenvalue weighted by molar-refractivity contribution is -0.129. The smallest absolute Gasteiger partial charge is 0.242 e. The molecule has 2 aromatic rings. The average Bonchev–Trinajstić information content (AvgIpc) is 2.54. The van der Waals surface area contributed by atoms with Crippen LogP contribution in [0.4, 0.5) is 5.69 Å². The fraction of sp³-hybridized carbons (Fsp3) is 0.167. The fourth-order valence-corrected chi connectivity index (χ4v) is 2.14. The minimum Gasteiger partial charge on any atom is -0.351 e. The summed E-state index contributed by atoms with van der Waals surface area (Å²) in [6.45, 7) is 1.78. The molecule has 23 heavy (non-hydrogen) atoms. The van der Waals surface area contributed by atoms with Crippen molar-refractivity contribution in [3.8, 4) is 0 Å². The third-order valence-corrected chi connectivity index (χ3v) is 3.31. The highest BCUT2D eigenvalue weighted by Gasteiger charge is 2.28. The Kier molecular flexibility index (Phi) is 5.63. The van der Waals surface area contributed by atoms with Gasteiger partial charge in [0.2, 0.25) is 11.8 Å². The first-order valence-corrected chi connectivity index (χ1v) is 7.30. The van der Waals surface area contributed by atoms with Gasteiger partial charge in [-0.15, -0.1) is 0 Å². The molecule has 0 aliphatic rings. The maximum atomic E-state index is 12.3. The average molecular weight is 309 g/mol. The maximum absolute atomic E-state index is 12.3. The lowest BCUT2D eigenvalue weighted by Gasteiger charge is -2.16. The molecule has 0 saturated heterocycles. The van der Waals surface area contributed by atoms with Gasteiger partial charge in [0.15, 0.2) is 5.92 Å². The Morgan fingerprint density at radius 2 is 1.52 bits per heavy atom. The number of nitrogens with one attached hydrogen (secondary N) is 3. The molecule has 0 saturated carbocycles. The van der Waals surface area contributed by atoms with Crippen molar-refractivity contribution >= 4 is 23.2 Å². The van der Waals surface area contributed by atoms with Crippen molar-refractivity contribution in [3.63, 3.8) is 0 Å². The summed E-state index contributed by atoms with van der Waals surface area (Å²) in [4.78, 5) is 24.6. The molecule has 2 rings (SSSR count). The largest absolute Gasteiger partial charge is 0.351 e. The van der Waals surface area contributed by atoms with E-state index in [-0.39, 0.29) is 5.71 Å². The van der Waals surface area contributed by atoms with Crippen molar-refractivity contribution in [2.45, 2.75) is 13.5 Å². The normalized spacial score (nSPS) is 11.3. The van der Waals surface area contributed by atoms with Gasteiger partial charge in [-0.3, -0.25) is 9.59 Å². The lowest BCUT2D eigenvalue weighted by atomic mass is 10.0. The van der Waals surface area contributed by atoms with Crippen LogP contribution in [0.5, 0.6) is 0 Å². The van der Waals surface area contributed by atoms with Gasteiger partial charge in [-0.2, -0.15) is 0 Å². The van der Waals surface area contributed by atoms with Crippen LogP contribution < -0.4 is 10.6 Å². The molecule has 5 heteroatoms. The molecule has 0 aliphatic carbocycles. The van der Waals surface area contributed by atoms with Crippen molar-refractivity contribution in [2.24, 2.45) is 5.92 Å². The molecular weight excluding hydrogens is 290 g/mol. The third-order valence-electron chi connectivity index (χ3n) is 3.31. The van der Waals surface area contributed by atoms with Crippen LogP contribution in [0.2, 0.25) is 0 Å². The van der Waals surface area contributed by atoms with Crippen LogP contribution in [0.15, 0.2) is 60.7 Å². The maximum Gasteiger partial charge on any atom is 0.242 e. The van der Waals surface area contributed by atoms with Gasteiger partial charge in [-0.1, -0.05) is 48.5 Å². The lowest BCUT2D eigenvalue weighted by Crippen LogP contribution is -2.41. The van der Waals surface area contributed by atoms with Gasteiger partial charge in [-0.25, -0.2) is 0 Å². The summed E-state index contributed by atoms with van der Waals surface area (Å²) in [6, 6.07) is 18.3. The number of para-hydroxylation sites is 1. The Morgan fingerprint density at radius 3 is 2.09 bits per heavy atom. The summed E-state index contributed by atoms with van der Waals surface area (Å²) in [5.41, 5.74) is 1.54. The molecule has 0 aromatic heterocycles. The van der Waals surface area contributed by atoms with Crippen LogP contribution in [0, 0.1) is 11.3 Å². The number of hydrogen-bond acceptors (Lipinski definition) is 3. The van der Waals surface area contributed by atoms with E-state index in [9.17, 15) is 9.59 Å². The molecule has 5 nitrogen and oxygen atoms in total. The van der Waals surface area contributed by atoms with E-state index in [1.807, 2.05) is 36.4 Å². The SMILES string of the molecule is CC(=N)C(C(=O)NCc1ccccc1)C(=O)Nc1ccccc1. The molecule has 0 bridgehead atoms. The first-order valence-electron chi connectivity index (χ1n) is 7.30. The zero-order valence-corrected chi connectivity index (χ0v) is 12.9. The quantitative estimate of drug-likeness (QED) is 0.566. The molecule has 0 spiro atoms. The summed E-state index contributed by atoms with van der Waals surface area (Å²) in [6.07, 6.45) is 0. The number of amides is 2. The van der Waals surface area contributed by atoms with Crippen molar-refractivity contribution in [2.75, 3.05) is 5.32 Å². The highest BCUT2D eigenvalue weighted by molar-refractivity contribution is 6.21. The van der Waals surface area contributed by atoms with Crippen LogP contribution in [-0.2, 0) is 16.1 Å². The summed E-state index contributed by atoms with van der Waals surface area (Å²) < 4.78 is 0. The number of rotatable bonds is 6. The van der Waals surface area contributed by atoms with E-state index in [0.29, 0.717) is 12.2 Å². The number of benzene rings is 2. The number of carbonyl (C=O) groups is 2. The van der Waals surface area contributed by atoms with Crippen molar-refractivity contribution < 1.29 is 9.59 Å². The van der Waals surface area contributed by atoms with Gasteiger partial charge in [0.25, 0.3) is 0 Å². The van der Waals surface area contributed by atoms with E-state index in [2.05, 4.69) is 10.6 Å². The summed E-state index contributed by atoms with van der Waals surface area (Å²) in [5.74, 6) is -2.12. The Balaban J connectivity index is 2.01. The number of anilines is 1. The molecule has 0 radical (unpaired) electrons. The predicted octanol–water partition coefficient (Wildman–Crippen LogP) is 2.60. The minimum absolute atomic E-state index is 0.00370. The number of hydrogen-bond donors (Lipinski definition) is 3. The minimum atomic E-state index is -1.14. The molecule has 3 N–H and O–H groups in total. The molecule has 0 heterocycles. The van der Waals surface area contributed by atoms with Crippen LogP contribution in [0.25, 0.3) is 0 Å². The van der Waals surface area contributed by atoms with Crippen LogP contribution in [0.1, 0.15) is 12.5 Å². The zero-order valence-electron chi connectivity index (χ0n) is 12.9. The molecule has 1 unspecified atom stereocenters. The highest BCUT2D eigenvalue weighted by atomic mass is 16.2. The second-order valence-electron chi connectivity index (χ2n) is 5.17. The van der Waals surface area contributed by atoms with Gasteiger partial charge in [-0.05, 0) is 24.6 Å². The first kappa shape index (κ1) is 16.4. The first-order chi connectivity index (χ1) is 11.1. The monoisotopic (exact) mass is 309 g/mol. The third kappa shape index (κ3) is 4.78. The Hall–Kier alpha value is -2.95. The van der Waals surface area contributed by atoms with Crippen LogP contribution >= 0.6 is 0 Å². The van der Waals surface area contributed by atoms with Gasteiger partial charge >= 0.3 is 0 Å². The number of carbonyl (C=O) groups excluding carboxylic acids is 2. The van der Waals surface area contributed by atoms with Gasteiger partial charge < -0.3 is 16.0 Å². The van der Waals surface area contributed by atoms with E-state index < -0.39 is 17.7 Å². The molecule has 0 aliphatic heterocycles. The zero-order chi connectivity index (χ0) is 16.7. The van der Waals surface area contributed by atoms with Crippen molar-refractivity contribution in [1.82, 2.24) is 5.32 Å². The van der Waals surface area contributed by atoms with Crippen molar-refractivity contribution in [1.29, 1.82) is 5.41 Å². The molecule has 1 atom stereocenters. The molecule has 2 amide bonds. The molecule has 118 valence electrons. The summed E-state index contributed by atoms with van der Waals surface area (Å²) >= 11 is 0. The van der Waals surface area contributed by atoms with Crippen molar-refractivity contribution in [3.05, 3.63) is 66.2 Å². The second-order valence-corrected chi connectivity index (χ2v) is 5.17.